The van der Waals surface area contributed by atoms with Gasteiger partial charge >= 0.3 is 0 Å². The SMILES string of the molecule is CCC(CC)C(=O)/C=C(\O)C(CC)CCF.[2H]c1nc(-c2[c-]c(C)cc(C)c2)c2cc(C)c(C(C)C)c(C)c2c1[2H].[2H]c1nc(-c2[c-]c(C)cc(C)c2)c2cc(C)c(C(C)C)c(C)c2c1[2H].[Ir]. The van der Waals surface area contributed by atoms with E-state index in [2.05, 4.69) is 128 Å². The van der Waals surface area contributed by atoms with Gasteiger partial charge in [-0.05, 0) is 144 Å². The van der Waals surface area contributed by atoms with Gasteiger partial charge in [-0.2, -0.15) is 0 Å². The summed E-state index contributed by atoms with van der Waals surface area (Å²) >= 11 is 0. The minimum Gasteiger partial charge on any atom is -0.512 e. The summed E-state index contributed by atoms with van der Waals surface area (Å²) in [4.78, 5) is 20.6. The molecule has 339 valence electrons. The largest absolute Gasteiger partial charge is 0.512 e. The molecule has 0 spiro atoms. The number of benzene rings is 4. The summed E-state index contributed by atoms with van der Waals surface area (Å²) in [6.45, 7) is 30.5. The second-order valence-electron chi connectivity index (χ2n) is 17.6. The second-order valence-corrected chi connectivity index (χ2v) is 17.6. The number of alkyl halides is 1. The fourth-order valence-electron chi connectivity index (χ4n) is 9.09. The summed E-state index contributed by atoms with van der Waals surface area (Å²) in [5, 5.41) is 13.3. The van der Waals surface area contributed by atoms with E-state index in [-0.39, 0.29) is 74.3 Å². The molecule has 63 heavy (non-hydrogen) atoms. The molecule has 0 saturated carbocycles. The minimum atomic E-state index is -0.463. The number of ketones is 1. The maximum absolute atomic E-state index is 12.2. The third-order valence-corrected chi connectivity index (χ3v) is 11.9. The van der Waals surface area contributed by atoms with Crippen LogP contribution in [0.4, 0.5) is 4.39 Å². The number of aliphatic hydroxyl groups excluding tert-OH is 1. The van der Waals surface area contributed by atoms with Gasteiger partial charge in [0, 0.05) is 50.4 Å². The molecule has 1 N–H and O–H groups in total. The Balaban J connectivity index is 0.000000273. The molecule has 1 radical (unpaired) electrons. The molecule has 6 rings (SSSR count). The van der Waals surface area contributed by atoms with Gasteiger partial charge in [0.1, 0.15) is 0 Å². The van der Waals surface area contributed by atoms with E-state index in [0.717, 1.165) is 90.3 Å². The van der Waals surface area contributed by atoms with E-state index in [1.807, 2.05) is 34.6 Å². The van der Waals surface area contributed by atoms with Gasteiger partial charge in [0.2, 0.25) is 0 Å². The van der Waals surface area contributed by atoms with Crippen LogP contribution >= 0.6 is 0 Å². The normalized spacial score (nSPS) is 12.8. The van der Waals surface area contributed by atoms with Crippen LogP contribution in [0, 0.1) is 79.4 Å². The predicted molar refractivity (Wildman–Crippen MR) is 262 cm³/mol. The van der Waals surface area contributed by atoms with Crippen LogP contribution in [0.2, 0.25) is 0 Å². The smallest absolute Gasteiger partial charge is 0.162 e. The van der Waals surface area contributed by atoms with E-state index in [1.54, 1.807) is 0 Å². The molecule has 0 bridgehead atoms. The number of pyridine rings is 2. The standard InChI is InChI=1S/2C22H24N.C13H23FO2.Ir/c2*1-13(2)21-16(5)12-20-19(17(21)6)7-8-23-22(20)18-10-14(3)9-15(4)11-18;1-4-10(5-2)12(15)9-13(16)11(6-3)7-8-14;/h2*7-10,12-13H,1-6H3;9-11,16H,4-8H2,1-3H3;/q2*-1;;/b;;13-9-;/i2*7D,8D;;. The van der Waals surface area contributed by atoms with E-state index in [0.29, 0.717) is 18.3 Å². The summed E-state index contributed by atoms with van der Waals surface area (Å²) in [7, 11) is 0. The Morgan fingerprint density at radius 1 is 0.667 bits per heavy atom. The topological polar surface area (TPSA) is 63.1 Å². The van der Waals surface area contributed by atoms with Crippen molar-refractivity contribution in [2.75, 3.05) is 6.67 Å². The van der Waals surface area contributed by atoms with Crippen molar-refractivity contribution < 1.29 is 39.9 Å². The van der Waals surface area contributed by atoms with Gasteiger partial charge in [-0.25, -0.2) is 0 Å². The Bertz CT molecular complexity index is 2560. The Morgan fingerprint density at radius 3 is 1.40 bits per heavy atom. The Hall–Kier alpha value is -4.51. The van der Waals surface area contributed by atoms with Crippen LogP contribution in [-0.4, -0.2) is 27.5 Å². The van der Waals surface area contributed by atoms with E-state index in [9.17, 15) is 14.3 Å². The predicted octanol–water partition coefficient (Wildman–Crippen LogP) is 15.9. The number of aryl methyl sites for hydroxylation is 8. The average Bonchev–Trinajstić information content (AvgIpc) is 3.22. The Labute approximate surface area is 398 Å². The number of halogens is 1. The number of aliphatic hydroxyl groups is 1. The molecule has 0 saturated heterocycles. The van der Waals surface area contributed by atoms with Crippen molar-refractivity contribution in [3.8, 4) is 22.5 Å². The summed E-state index contributed by atoms with van der Waals surface area (Å²) in [6.07, 6.45) is 3.84. The van der Waals surface area contributed by atoms with Crippen LogP contribution in [-0.2, 0) is 24.9 Å². The molecular weight excluding hydrogens is 956 g/mol. The van der Waals surface area contributed by atoms with E-state index in [4.69, 9.17) is 5.48 Å². The van der Waals surface area contributed by atoms with E-state index >= 15 is 0 Å². The van der Waals surface area contributed by atoms with Crippen LogP contribution < -0.4 is 0 Å². The third-order valence-electron chi connectivity index (χ3n) is 11.9. The van der Waals surface area contributed by atoms with Gasteiger partial charge in [0.25, 0.3) is 0 Å². The van der Waals surface area contributed by atoms with Gasteiger partial charge in [0.05, 0.1) is 17.9 Å². The Kier molecular flexibility index (Phi) is 17.7. The van der Waals surface area contributed by atoms with Gasteiger partial charge in [0.15, 0.2) is 5.78 Å². The summed E-state index contributed by atoms with van der Waals surface area (Å²) in [5.41, 5.74) is 14.8. The monoisotopic (exact) mass is 1030 g/mol. The van der Waals surface area contributed by atoms with Crippen molar-refractivity contribution in [3.05, 3.63) is 140 Å². The van der Waals surface area contributed by atoms with Crippen molar-refractivity contribution in [1.29, 1.82) is 0 Å². The molecule has 6 aromatic rings. The molecule has 2 aromatic heterocycles. The molecule has 0 aliphatic rings. The Morgan fingerprint density at radius 2 is 1.06 bits per heavy atom. The molecule has 1 unspecified atom stereocenters. The summed E-state index contributed by atoms with van der Waals surface area (Å²) < 4.78 is 45.5. The number of carbonyl (C=O) groups excluding carboxylic acids is 1. The number of fused-ring (bicyclic) bond motifs is 2. The van der Waals surface area contributed by atoms with Gasteiger partial charge in [-0.1, -0.05) is 88.3 Å². The van der Waals surface area contributed by atoms with Crippen molar-refractivity contribution >= 4 is 27.3 Å². The zero-order valence-corrected chi connectivity index (χ0v) is 42.7. The molecule has 4 aromatic carbocycles. The van der Waals surface area contributed by atoms with Crippen molar-refractivity contribution in [3.63, 3.8) is 0 Å². The molecular formula is C57H71FIrN2O2-2. The first kappa shape index (κ1) is 46.5. The van der Waals surface area contributed by atoms with Crippen molar-refractivity contribution in [2.24, 2.45) is 11.8 Å². The van der Waals surface area contributed by atoms with Gasteiger partial charge in [-0.3, -0.25) is 9.18 Å². The molecule has 4 nitrogen and oxygen atoms in total. The van der Waals surface area contributed by atoms with Crippen molar-refractivity contribution in [2.45, 2.75) is 141 Å². The molecule has 1 atom stereocenters. The molecule has 2 heterocycles. The van der Waals surface area contributed by atoms with E-state index < -0.39 is 6.67 Å². The van der Waals surface area contributed by atoms with Crippen LogP contribution in [0.5, 0.6) is 0 Å². The summed E-state index contributed by atoms with van der Waals surface area (Å²) in [6, 6.07) is 19.7. The third kappa shape index (κ3) is 13.0. The quantitative estimate of drug-likeness (QED) is 0.0754. The zero-order chi connectivity index (χ0) is 49.5. The minimum absolute atomic E-state index is 0. The number of rotatable bonds is 12. The van der Waals surface area contributed by atoms with Crippen LogP contribution in [0.1, 0.15) is 147 Å². The maximum Gasteiger partial charge on any atom is 0.162 e. The zero-order valence-electron chi connectivity index (χ0n) is 44.3. The van der Waals surface area contributed by atoms with Crippen molar-refractivity contribution in [1.82, 2.24) is 9.97 Å². The van der Waals surface area contributed by atoms with Crippen LogP contribution in [0.3, 0.4) is 0 Å². The maximum atomic E-state index is 12.2. The molecule has 6 heteroatoms. The molecule has 0 fully saturated rings. The number of nitrogens with zero attached hydrogens (tertiary/aromatic N) is 2. The summed E-state index contributed by atoms with van der Waals surface area (Å²) in [5.74, 6) is 0.509. The molecule has 0 amide bonds. The number of carbonyl (C=O) groups is 1. The second kappa shape index (κ2) is 24.0. The number of hydrogen-bond donors (Lipinski definition) is 1. The first-order chi connectivity index (χ1) is 31.0. The number of allylic oxidation sites excluding steroid dienone is 2. The first-order valence-electron chi connectivity index (χ1n) is 24.3. The first-order valence-corrected chi connectivity index (χ1v) is 22.3. The molecule has 0 aliphatic carbocycles. The van der Waals surface area contributed by atoms with Crippen LogP contribution in [0.25, 0.3) is 44.1 Å². The fraction of sp³-hybridized carbons (Fsp3) is 0.421. The number of hydrogen-bond acceptors (Lipinski definition) is 4. The average molecular weight is 1030 g/mol. The van der Waals surface area contributed by atoms with E-state index in [1.165, 1.54) is 28.3 Å². The molecule has 0 aliphatic heterocycles. The van der Waals surface area contributed by atoms with Crippen LogP contribution in [0.15, 0.2) is 72.7 Å². The van der Waals surface area contributed by atoms with Gasteiger partial charge in [-0.15, -0.1) is 69.8 Å². The fourth-order valence-corrected chi connectivity index (χ4v) is 9.09. The number of aromatic nitrogens is 2. The van der Waals surface area contributed by atoms with Gasteiger partial charge < -0.3 is 15.1 Å².